The van der Waals surface area contributed by atoms with Gasteiger partial charge in [-0.25, -0.2) is 4.79 Å². The molecule has 1 aliphatic rings. The van der Waals surface area contributed by atoms with Gasteiger partial charge in [0.2, 0.25) is 0 Å². The minimum atomic E-state index is -0.509. The molecule has 1 N–H and O–H groups in total. The first-order chi connectivity index (χ1) is 7.33. The summed E-state index contributed by atoms with van der Waals surface area (Å²) in [5.74, 6) is 0.000184. The van der Waals surface area contributed by atoms with E-state index in [9.17, 15) is 4.79 Å². The molecule has 0 unspecified atom stereocenters. The van der Waals surface area contributed by atoms with Gasteiger partial charge < -0.3 is 0 Å². The van der Waals surface area contributed by atoms with Crippen molar-refractivity contribution in [3.05, 3.63) is 39.9 Å². The summed E-state index contributed by atoms with van der Waals surface area (Å²) < 4.78 is 4.48. The smallest absolute Gasteiger partial charge is 0.296 e. The molecule has 0 atom stereocenters. The summed E-state index contributed by atoms with van der Waals surface area (Å²) in [5, 5.41) is 3.67. The Kier molecular flexibility index (Phi) is 1.74. The van der Waals surface area contributed by atoms with Crippen LogP contribution in [0.15, 0.2) is 27.5 Å². The van der Waals surface area contributed by atoms with E-state index in [2.05, 4.69) is 26.8 Å². The lowest BCUT2D eigenvalue weighted by Crippen LogP contribution is -1.95. The third-order valence-corrected chi connectivity index (χ3v) is 2.81. The van der Waals surface area contributed by atoms with E-state index in [1.165, 1.54) is 17.5 Å². The van der Waals surface area contributed by atoms with Crippen LogP contribution in [0.25, 0.3) is 11.4 Å². The van der Waals surface area contributed by atoms with Gasteiger partial charge in [-0.3, -0.25) is 9.51 Å². The fourth-order valence-electron chi connectivity index (χ4n) is 2.07. The molecule has 76 valence electrons. The lowest BCUT2D eigenvalue weighted by molar-refractivity contribution is 0.388. The normalized spacial score (nSPS) is 14.1. The fourth-order valence-corrected chi connectivity index (χ4v) is 2.07. The van der Waals surface area contributed by atoms with Crippen molar-refractivity contribution < 1.29 is 4.52 Å². The van der Waals surface area contributed by atoms with Crippen molar-refractivity contribution in [2.75, 3.05) is 0 Å². The lowest BCUT2D eigenvalue weighted by Gasteiger charge is -2.00. The number of aromatic amines is 1. The van der Waals surface area contributed by atoms with Crippen molar-refractivity contribution in [2.45, 2.75) is 19.3 Å². The number of nitrogens with zero attached hydrogens (tertiary/aromatic N) is 1. The van der Waals surface area contributed by atoms with E-state index in [1.54, 1.807) is 0 Å². The highest BCUT2D eigenvalue weighted by Crippen LogP contribution is 2.25. The molecule has 0 saturated heterocycles. The molecule has 1 aromatic heterocycles. The zero-order valence-electron chi connectivity index (χ0n) is 8.12. The van der Waals surface area contributed by atoms with Gasteiger partial charge >= 0.3 is 5.76 Å². The van der Waals surface area contributed by atoms with Crippen LogP contribution in [0.2, 0.25) is 0 Å². The van der Waals surface area contributed by atoms with E-state index in [0.717, 1.165) is 18.4 Å². The molecule has 15 heavy (non-hydrogen) atoms. The van der Waals surface area contributed by atoms with Crippen molar-refractivity contribution in [1.29, 1.82) is 0 Å². The predicted molar refractivity (Wildman–Crippen MR) is 54.6 cm³/mol. The number of hydrogen-bond acceptors (Lipinski definition) is 3. The van der Waals surface area contributed by atoms with E-state index in [0.29, 0.717) is 5.82 Å². The van der Waals surface area contributed by atoms with Gasteiger partial charge in [0.15, 0.2) is 5.82 Å². The highest BCUT2D eigenvalue weighted by Gasteiger charge is 2.12. The minimum Gasteiger partial charge on any atom is -0.296 e. The van der Waals surface area contributed by atoms with Crippen LogP contribution in [0.4, 0.5) is 0 Å². The number of rotatable bonds is 1. The Balaban J connectivity index is 2.10. The average Bonchev–Trinajstić information content (AvgIpc) is 2.84. The highest BCUT2D eigenvalue weighted by atomic mass is 16.5. The van der Waals surface area contributed by atoms with Crippen LogP contribution < -0.4 is 5.76 Å². The molecule has 3 rings (SSSR count). The molecule has 0 aliphatic heterocycles. The first kappa shape index (κ1) is 8.47. The SMILES string of the molecule is O=c1[nH]c(-c2ccc3c(c2)CCC3)no1. The average molecular weight is 202 g/mol. The Hall–Kier alpha value is -1.84. The molecular formula is C11H10N2O2. The first-order valence-corrected chi connectivity index (χ1v) is 5.01. The number of H-pyrrole nitrogens is 1. The second kappa shape index (κ2) is 3.08. The maximum absolute atomic E-state index is 10.8. The quantitative estimate of drug-likeness (QED) is 0.762. The van der Waals surface area contributed by atoms with Crippen LogP contribution in [0.3, 0.4) is 0 Å². The molecular weight excluding hydrogens is 192 g/mol. The molecule has 0 amide bonds. The number of fused-ring (bicyclic) bond motifs is 1. The van der Waals surface area contributed by atoms with Crippen LogP contribution in [0, 0.1) is 0 Å². The van der Waals surface area contributed by atoms with Gasteiger partial charge in [0.25, 0.3) is 0 Å². The second-order valence-electron chi connectivity index (χ2n) is 3.78. The zero-order valence-corrected chi connectivity index (χ0v) is 8.12. The number of hydrogen-bond donors (Lipinski definition) is 1. The van der Waals surface area contributed by atoms with Crippen molar-refractivity contribution in [3.8, 4) is 11.4 Å². The Morgan fingerprint density at radius 2 is 2.13 bits per heavy atom. The molecule has 1 aliphatic carbocycles. The molecule has 0 saturated carbocycles. The first-order valence-electron chi connectivity index (χ1n) is 5.01. The standard InChI is InChI=1S/C11H10N2O2/c14-11-12-10(13-15-11)9-5-4-7-2-1-3-8(7)6-9/h4-6H,1-3H2,(H,12,13,14). The highest BCUT2D eigenvalue weighted by molar-refractivity contribution is 5.57. The third kappa shape index (κ3) is 1.38. The minimum absolute atomic E-state index is 0.509. The van der Waals surface area contributed by atoms with Crippen molar-refractivity contribution in [1.82, 2.24) is 10.1 Å². The molecule has 1 aromatic carbocycles. The van der Waals surface area contributed by atoms with E-state index in [1.807, 2.05) is 6.07 Å². The van der Waals surface area contributed by atoms with Crippen LogP contribution >= 0.6 is 0 Å². The van der Waals surface area contributed by atoms with Crippen LogP contribution in [-0.2, 0) is 12.8 Å². The van der Waals surface area contributed by atoms with Crippen LogP contribution in [-0.4, -0.2) is 10.1 Å². The van der Waals surface area contributed by atoms with Crippen molar-refractivity contribution >= 4 is 0 Å². The maximum atomic E-state index is 10.8. The zero-order chi connectivity index (χ0) is 10.3. The van der Waals surface area contributed by atoms with E-state index >= 15 is 0 Å². The largest absolute Gasteiger partial charge is 0.439 e. The maximum Gasteiger partial charge on any atom is 0.439 e. The van der Waals surface area contributed by atoms with Crippen molar-refractivity contribution in [3.63, 3.8) is 0 Å². The Bertz CT molecular complexity index is 554. The molecule has 0 radical (unpaired) electrons. The van der Waals surface area contributed by atoms with Crippen molar-refractivity contribution in [2.24, 2.45) is 0 Å². The van der Waals surface area contributed by atoms with Gasteiger partial charge in [0.05, 0.1) is 0 Å². The molecule has 0 spiro atoms. The summed E-state index contributed by atoms with van der Waals surface area (Å²) in [6.45, 7) is 0. The summed E-state index contributed by atoms with van der Waals surface area (Å²) in [6, 6.07) is 6.15. The van der Waals surface area contributed by atoms with E-state index < -0.39 is 5.76 Å². The van der Waals surface area contributed by atoms with Gasteiger partial charge in [0, 0.05) is 5.56 Å². The number of nitrogens with one attached hydrogen (secondary N) is 1. The second-order valence-corrected chi connectivity index (χ2v) is 3.78. The number of aromatic nitrogens is 2. The molecule has 4 heteroatoms. The summed E-state index contributed by atoms with van der Waals surface area (Å²) >= 11 is 0. The summed E-state index contributed by atoms with van der Waals surface area (Å²) in [7, 11) is 0. The fraction of sp³-hybridized carbons (Fsp3) is 0.273. The third-order valence-electron chi connectivity index (χ3n) is 2.81. The van der Waals surface area contributed by atoms with Gasteiger partial charge in [-0.05, 0) is 36.5 Å². The summed E-state index contributed by atoms with van der Waals surface area (Å²) in [5.41, 5.74) is 3.68. The Morgan fingerprint density at radius 1 is 1.27 bits per heavy atom. The van der Waals surface area contributed by atoms with E-state index in [-0.39, 0.29) is 0 Å². The van der Waals surface area contributed by atoms with Gasteiger partial charge in [-0.1, -0.05) is 17.3 Å². The van der Waals surface area contributed by atoms with Gasteiger partial charge in [0.1, 0.15) is 0 Å². The lowest BCUT2D eigenvalue weighted by atomic mass is 10.1. The molecule has 1 heterocycles. The predicted octanol–water partition coefficient (Wildman–Crippen LogP) is 1.52. The summed E-state index contributed by atoms with van der Waals surface area (Å²) in [6.07, 6.45) is 3.49. The molecule has 4 nitrogen and oxygen atoms in total. The number of benzene rings is 1. The van der Waals surface area contributed by atoms with E-state index in [4.69, 9.17) is 0 Å². The topological polar surface area (TPSA) is 58.9 Å². The molecule has 2 aromatic rings. The summed E-state index contributed by atoms with van der Waals surface area (Å²) in [4.78, 5) is 13.4. The number of aryl methyl sites for hydroxylation is 2. The monoisotopic (exact) mass is 202 g/mol. The van der Waals surface area contributed by atoms with Gasteiger partial charge in [-0.2, -0.15) is 0 Å². The van der Waals surface area contributed by atoms with Crippen LogP contribution in [0.5, 0.6) is 0 Å². The molecule has 0 bridgehead atoms. The van der Waals surface area contributed by atoms with Crippen LogP contribution in [0.1, 0.15) is 17.5 Å². The Morgan fingerprint density at radius 3 is 2.93 bits per heavy atom. The molecule has 0 fully saturated rings. The van der Waals surface area contributed by atoms with Gasteiger partial charge in [-0.15, -0.1) is 0 Å². The Labute approximate surface area is 85.9 Å².